The van der Waals surface area contributed by atoms with Gasteiger partial charge in [0.25, 0.3) is 0 Å². The Balaban J connectivity index is 2.95. The normalized spacial score (nSPS) is 12.4. The molecule has 0 spiro atoms. The highest BCUT2D eigenvalue weighted by atomic mass is 35.5. The van der Waals surface area contributed by atoms with E-state index in [0.29, 0.717) is 0 Å². The van der Waals surface area contributed by atoms with Gasteiger partial charge in [-0.3, -0.25) is 0 Å². The molecule has 0 heterocycles. The minimum atomic E-state index is -3.51. The number of halogens is 1. The molecular formula is C13H18ClNO2S. The summed E-state index contributed by atoms with van der Waals surface area (Å²) in [6.07, 6.45) is 0. The summed E-state index contributed by atoms with van der Waals surface area (Å²) >= 11 is 5.53. The Bertz CT molecular complexity index is 527. The van der Waals surface area contributed by atoms with Crippen LogP contribution in [0, 0.1) is 0 Å². The quantitative estimate of drug-likeness (QED) is 0.925. The van der Waals surface area contributed by atoms with Crippen molar-refractivity contribution in [3.8, 4) is 0 Å². The number of sulfonamides is 1. The maximum Gasteiger partial charge on any atom is 0.240 e. The predicted octanol–water partition coefficient (Wildman–Crippen LogP) is 3.01. The molecule has 0 unspecified atom stereocenters. The van der Waals surface area contributed by atoms with E-state index in [1.165, 1.54) is 0 Å². The zero-order chi connectivity index (χ0) is 14.0. The third-order valence-corrected chi connectivity index (χ3v) is 4.04. The fraction of sp³-hybridized carbons (Fsp3) is 0.385. The second-order valence-electron chi connectivity index (χ2n) is 5.12. The summed E-state index contributed by atoms with van der Waals surface area (Å²) in [4.78, 5) is 0.230. The van der Waals surface area contributed by atoms with Gasteiger partial charge in [-0.2, -0.15) is 0 Å². The molecule has 0 bridgehead atoms. The summed E-state index contributed by atoms with van der Waals surface area (Å²) in [5.74, 6) is 0. The lowest BCUT2D eigenvalue weighted by Gasteiger charge is -2.19. The van der Waals surface area contributed by atoms with Crippen molar-refractivity contribution in [2.45, 2.75) is 31.1 Å². The molecule has 5 heteroatoms. The molecule has 0 amide bonds. The van der Waals surface area contributed by atoms with Crippen molar-refractivity contribution < 1.29 is 8.42 Å². The van der Waals surface area contributed by atoms with Crippen LogP contribution in [0.5, 0.6) is 0 Å². The molecule has 18 heavy (non-hydrogen) atoms. The second-order valence-corrected chi connectivity index (χ2v) is 7.42. The van der Waals surface area contributed by atoms with E-state index in [4.69, 9.17) is 11.6 Å². The van der Waals surface area contributed by atoms with Crippen LogP contribution in [0.3, 0.4) is 0 Å². The smallest absolute Gasteiger partial charge is 0.207 e. The maximum atomic E-state index is 11.9. The molecule has 0 aromatic heterocycles. The van der Waals surface area contributed by atoms with Gasteiger partial charge in [-0.25, -0.2) is 13.1 Å². The summed E-state index contributed by atoms with van der Waals surface area (Å²) in [6, 6.07) is 6.84. The SMILES string of the molecule is C=C(Cl)CNS(=O)(=O)c1ccc(C(C)(C)C)cc1. The molecular weight excluding hydrogens is 270 g/mol. The average Bonchev–Trinajstić information content (AvgIpc) is 2.26. The summed E-state index contributed by atoms with van der Waals surface area (Å²) in [6.45, 7) is 9.70. The Hall–Kier alpha value is -0.840. The topological polar surface area (TPSA) is 46.2 Å². The molecule has 0 aliphatic rings. The third-order valence-electron chi connectivity index (χ3n) is 2.48. The van der Waals surface area contributed by atoms with Crippen molar-refractivity contribution >= 4 is 21.6 Å². The van der Waals surface area contributed by atoms with Crippen LogP contribution in [0.1, 0.15) is 26.3 Å². The molecule has 100 valence electrons. The molecule has 0 radical (unpaired) electrons. The van der Waals surface area contributed by atoms with Gasteiger partial charge in [0.2, 0.25) is 10.0 Å². The highest BCUT2D eigenvalue weighted by Gasteiger charge is 2.17. The lowest BCUT2D eigenvalue weighted by atomic mass is 9.87. The van der Waals surface area contributed by atoms with Crippen molar-refractivity contribution in [1.82, 2.24) is 4.72 Å². The van der Waals surface area contributed by atoms with Crippen LogP contribution in [-0.2, 0) is 15.4 Å². The van der Waals surface area contributed by atoms with E-state index < -0.39 is 10.0 Å². The molecule has 0 saturated carbocycles. The minimum absolute atomic E-state index is 0.000144. The molecule has 1 aromatic rings. The minimum Gasteiger partial charge on any atom is -0.207 e. The van der Waals surface area contributed by atoms with Gasteiger partial charge in [0.05, 0.1) is 4.90 Å². The molecule has 1 N–H and O–H groups in total. The van der Waals surface area contributed by atoms with Crippen molar-refractivity contribution in [3.05, 3.63) is 41.4 Å². The van der Waals surface area contributed by atoms with Crippen LogP contribution in [0.4, 0.5) is 0 Å². The molecule has 0 atom stereocenters. The fourth-order valence-electron chi connectivity index (χ4n) is 1.39. The van der Waals surface area contributed by atoms with E-state index in [-0.39, 0.29) is 21.9 Å². The van der Waals surface area contributed by atoms with E-state index in [2.05, 4.69) is 32.1 Å². The molecule has 0 aliphatic carbocycles. The average molecular weight is 288 g/mol. The van der Waals surface area contributed by atoms with Crippen LogP contribution in [0.2, 0.25) is 0 Å². The van der Waals surface area contributed by atoms with Crippen molar-refractivity contribution in [2.75, 3.05) is 6.54 Å². The van der Waals surface area contributed by atoms with E-state index >= 15 is 0 Å². The lowest BCUT2D eigenvalue weighted by Crippen LogP contribution is -2.25. The summed E-state index contributed by atoms with van der Waals surface area (Å²) in [5, 5.41) is 0.255. The zero-order valence-electron chi connectivity index (χ0n) is 10.8. The van der Waals surface area contributed by atoms with Gasteiger partial charge in [0, 0.05) is 11.6 Å². The maximum absolute atomic E-state index is 11.9. The van der Waals surface area contributed by atoms with Gasteiger partial charge in [0.1, 0.15) is 0 Å². The molecule has 0 fully saturated rings. The Morgan fingerprint density at radius 3 is 2.17 bits per heavy atom. The number of nitrogens with one attached hydrogen (secondary N) is 1. The van der Waals surface area contributed by atoms with Crippen LogP contribution in [0.25, 0.3) is 0 Å². The summed E-state index contributed by atoms with van der Waals surface area (Å²) < 4.78 is 26.1. The molecule has 3 nitrogen and oxygen atoms in total. The van der Waals surface area contributed by atoms with E-state index in [9.17, 15) is 8.42 Å². The standard InChI is InChI=1S/C13H18ClNO2S/c1-10(14)9-15-18(16,17)12-7-5-11(6-8-12)13(2,3)4/h5-8,15H,1,9H2,2-4H3. The van der Waals surface area contributed by atoms with Crippen LogP contribution in [0.15, 0.2) is 40.8 Å². The number of benzene rings is 1. The Morgan fingerprint density at radius 2 is 1.78 bits per heavy atom. The zero-order valence-corrected chi connectivity index (χ0v) is 12.4. The number of hydrogen-bond acceptors (Lipinski definition) is 2. The first-order chi connectivity index (χ1) is 8.13. The van der Waals surface area contributed by atoms with E-state index in [0.717, 1.165) is 5.56 Å². The van der Waals surface area contributed by atoms with Gasteiger partial charge in [-0.05, 0) is 23.1 Å². The van der Waals surface area contributed by atoms with Gasteiger partial charge in [-0.1, -0.05) is 51.1 Å². The first kappa shape index (κ1) is 15.2. The summed E-state index contributed by atoms with van der Waals surface area (Å²) in [7, 11) is -3.51. The molecule has 1 aromatic carbocycles. The monoisotopic (exact) mass is 287 g/mol. The molecule has 0 saturated heterocycles. The first-order valence-corrected chi connectivity index (χ1v) is 7.42. The van der Waals surface area contributed by atoms with Crippen LogP contribution < -0.4 is 4.72 Å². The number of hydrogen-bond donors (Lipinski definition) is 1. The summed E-state index contributed by atoms with van der Waals surface area (Å²) in [5.41, 5.74) is 1.09. The molecule has 0 aliphatic heterocycles. The first-order valence-electron chi connectivity index (χ1n) is 5.56. The Labute approximate surface area is 114 Å². The van der Waals surface area contributed by atoms with Gasteiger partial charge >= 0.3 is 0 Å². The van der Waals surface area contributed by atoms with Crippen molar-refractivity contribution in [2.24, 2.45) is 0 Å². The highest BCUT2D eigenvalue weighted by Crippen LogP contribution is 2.23. The van der Waals surface area contributed by atoms with Crippen molar-refractivity contribution in [3.63, 3.8) is 0 Å². The van der Waals surface area contributed by atoms with Gasteiger partial charge in [-0.15, -0.1) is 0 Å². The predicted molar refractivity (Wildman–Crippen MR) is 75.3 cm³/mol. The largest absolute Gasteiger partial charge is 0.240 e. The van der Waals surface area contributed by atoms with Crippen molar-refractivity contribution in [1.29, 1.82) is 0 Å². The highest BCUT2D eigenvalue weighted by molar-refractivity contribution is 7.89. The Kier molecular flexibility index (Phi) is 4.59. The van der Waals surface area contributed by atoms with Gasteiger partial charge in [0.15, 0.2) is 0 Å². The van der Waals surface area contributed by atoms with Crippen LogP contribution in [-0.4, -0.2) is 15.0 Å². The van der Waals surface area contributed by atoms with E-state index in [1.807, 2.05) is 12.1 Å². The third kappa shape index (κ3) is 4.12. The fourth-order valence-corrected chi connectivity index (χ4v) is 2.56. The van der Waals surface area contributed by atoms with Gasteiger partial charge < -0.3 is 0 Å². The lowest BCUT2D eigenvalue weighted by molar-refractivity contribution is 0.581. The number of rotatable bonds is 4. The second kappa shape index (κ2) is 5.43. The van der Waals surface area contributed by atoms with E-state index in [1.54, 1.807) is 12.1 Å². The Morgan fingerprint density at radius 1 is 1.28 bits per heavy atom. The molecule has 1 rings (SSSR count). The van der Waals surface area contributed by atoms with Crippen LogP contribution >= 0.6 is 11.6 Å².